The van der Waals surface area contributed by atoms with Crippen molar-refractivity contribution >= 4 is 17.2 Å². The Morgan fingerprint density at radius 3 is 2.67 bits per heavy atom. The maximum atomic E-state index is 6.02. The van der Waals surface area contributed by atoms with Crippen molar-refractivity contribution in [1.29, 1.82) is 0 Å². The Labute approximate surface area is 126 Å². The van der Waals surface area contributed by atoms with Crippen LogP contribution in [-0.2, 0) is 0 Å². The smallest absolute Gasteiger partial charge is 0.188 e. The van der Waals surface area contributed by atoms with Gasteiger partial charge in [0.25, 0.3) is 0 Å². The van der Waals surface area contributed by atoms with E-state index in [1.54, 1.807) is 18.4 Å². The van der Waals surface area contributed by atoms with Crippen molar-refractivity contribution in [2.45, 2.75) is 13.8 Å². The molecule has 0 radical (unpaired) electrons. The van der Waals surface area contributed by atoms with Crippen LogP contribution in [0.5, 0.6) is 5.75 Å². The molecule has 0 saturated heterocycles. The fourth-order valence-corrected chi connectivity index (χ4v) is 3.21. The van der Waals surface area contributed by atoms with Crippen LogP contribution in [0.25, 0.3) is 21.8 Å². The van der Waals surface area contributed by atoms with Crippen LogP contribution >= 0.6 is 11.3 Å². The lowest BCUT2D eigenvalue weighted by Gasteiger charge is -2.07. The number of nitrogen functional groups attached to an aromatic ring is 1. The fourth-order valence-electron chi connectivity index (χ4n) is 2.31. The number of rotatable bonds is 3. The molecule has 0 aliphatic carbocycles. The highest BCUT2D eigenvalue weighted by molar-refractivity contribution is 7.15. The Morgan fingerprint density at radius 1 is 1.24 bits per heavy atom. The second-order valence-electron chi connectivity index (χ2n) is 4.62. The van der Waals surface area contributed by atoms with E-state index >= 15 is 0 Å². The average molecular weight is 301 g/mol. The molecular formula is C15H15N3O2S. The van der Waals surface area contributed by atoms with Gasteiger partial charge in [0.1, 0.15) is 5.75 Å². The summed E-state index contributed by atoms with van der Waals surface area (Å²) >= 11 is 1.56. The number of methoxy groups -OCH3 is 1. The van der Waals surface area contributed by atoms with Crippen LogP contribution in [0.1, 0.15) is 10.7 Å². The molecule has 108 valence electrons. The first-order valence-corrected chi connectivity index (χ1v) is 7.26. The van der Waals surface area contributed by atoms with Crippen LogP contribution < -0.4 is 10.5 Å². The first-order valence-electron chi connectivity index (χ1n) is 6.44. The average Bonchev–Trinajstić information content (AvgIpc) is 3.01. The Hall–Kier alpha value is -2.34. The van der Waals surface area contributed by atoms with Gasteiger partial charge in [-0.15, -0.1) is 11.3 Å². The molecule has 0 atom stereocenters. The number of thiazole rings is 1. The third kappa shape index (κ3) is 2.27. The van der Waals surface area contributed by atoms with E-state index in [0.29, 0.717) is 11.6 Å². The quantitative estimate of drug-likeness (QED) is 0.799. The third-order valence-corrected chi connectivity index (χ3v) is 4.28. The van der Waals surface area contributed by atoms with Gasteiger partial charge in [0, 0.05) is 5.56 Å². The molecule has 0 unspecified atom stereocenters. The monoisotopic (exact) mass is 301 g/mol. The molecule has 0 spiro atoms. The minimum absolute atomic E-state index is 0.347. The van der Waals surface area contributed by atoms with Gasteiger partial charge in [-0.1, -0.05) is 23.4 Å². The summed E-state index contributed by atoms with van der Waals surface area (Å²) in [5, 5.41) is 4.90. The summed E-state index contributed by atoms with van der Waals surface area (Å²) in [6.07, 6.45) is 0. The zero-order chi connectivity index (χ0) is 15.0. The summed E-state index contributed by atoms with van der Waals surface area (Å²) in [6, 6.07) is 7.66. The molecule has 2 aromatic heterocycles. The zero-order valence-electron chi connectivity index (χ0n) is 12.0. The highest BCUT2D eigenvalue weighted by atomic mass is 32.1. The van der Waals surface area contributed by atoms with E-state index in [4.69, 9.17) is 15.0 Å². The van der Waals surface area contributed by atoms with Crippen molar-refractivity contribution in [2.24, 2.45) is 0 Å². The van der Waals surface area contributed by atoms with E-state index in [1.165, 1.54) is 0 Å². The van der Waals surface area contributed by atoms with E-state index < -0.39 is 0 Å². The molecule has 21 heavy (non-hydrogen) atoms. The van der Waals surface area contributed by atoms with Gasteiger partial charge in [0.05, 0.1) is 28.3 Å². The normalized spacial score (nSPS) is 10.8. The second-order valence-corrected chi connectivity index (χ2v) is 5.82. The topological polar surface area (TPSA) is 74.2 Å². The number of anilines is 1. The van der Waals surface area contributed by atoms with Crippen LogP contribution in [0.3, 0.4) is 0 Å². The number of aromatic nitrogens is 2. The van der Waals surface area contributed by atoms with Gasteiger partial charge in [-0.25, -0.2) is 4.98 Å². The Balaban J connectivity index is 2.25. The molecule has 0 fully saturated rings. The number of hydrogen-bond donors (Lipinski definition) is 1. The number of nitrogens with two attached hydrogens (primary N) is 1. The van der Waals surface area contributed by atoms with Crippen molar-refractivity contribution in [3.8, 4) is 27.5 Å². The van der Waals surface area contributed by atoms with Crippen LogP contribution in [-0.4, -0.2) is 17.3 Å². The van der Waals surface area contributed by atoms with Crippen molar-refractivity contribution in [3.63, 3.8) is 0 Å². The predicted octanol–water partition coefficient (Wildman–Crippen LogP) is 3.67. The lowest BCUT2D eigenvalue weighted by Crippen LogP contribution is -1.92. The molecule has 2 N–H and O–H groups in total. The summed E-state index contributed by atoms with van der Waals surface area (Å²) in [5.74, 6) is 1.72. The largest absolute Gasteiger partial charge is 0.496 e. The van der Waals surface area contributed by atoms with Crippen molar-refractivity contribution < 1.29 is 9.26 Å². The number of ether oxygens (including phenoxy) is 1. The standard InChI is InChI=1S/C15H15N3O2S/c1-8-14(21-9(2)17-8)13-12(15(16)18-20-13)10-6-4-5-7-11(10)19-3/h4-7H,1-3H3,(H2,16,18). The maximum absolute atomic E-state index is 6.02. The minimum atomic E-state index is 0.347. The first-order chi connectivity index (χ1) is 10.1. The number of aryl methyl sites for hydroxylation is 2. The number of hydrogen-bond acceptors (Lipinski definition) is 6. The van der Waals surface area contributed by atoms with Crippen LogP contribution in [0.4, 0.5) is 5.82 Å². The highest BCUT2D eigenvalue weighted by Crippen LogP contribution is 2.43. The van der Waals surface area contributed by atoms with Gasteiger partial charge >= 0.3 is 0 Å². The highest BCUT2D eigenvalue weighted by Gasteiger charge is 2.23. The number of benzene rings is 1. The zero-order valence-corrected chi connectivity index (χ0v) is 12.8. The Kier molecular flexibility index (Phi) is 3.39. The van der Waals surface area contributed by atoms with E-state index in [-0.39, 0.29) is 0 Å². The summed E-state index contributed by atoms with van der Waals surface area (Å²) in [5.41, 5.74) is 8.53. The van der Waals surface area contributed by atoms with E-state index in [1.807, 2.05) is 38.1 Å². The molecule has 3 rings (SSSR count). The van der Waals surface area contributed by atoms with Gasteiger partial charge in [-0.3, -0.25) is 0 Å². The number of nitrogens with zero attached hydrogens (tertiary/aromatic N) is 2. The fraction of sp³-hybridized carbons (Fsp3) is 0.200. The van der Waals surface area contributed by atoms with Crippen LogP contribution in [0.15, 0.2) is 28.8 Å². The van der Waals surface area contributed by atoms with Crippen molar-refractivity contribution in [3.05, 3.63) is 35.0 Å². The number of para-hydroxylation sites is 1. The van der Waals surface area contributed by atoms with Gasteiger partial charge in [0.15, 0.2) is 11.6 Å². The molecule has 0 amide bonds. The molecule has 0 bridgehead atoms. The van der Waals surface area contributed by atoms with Crippen LogP contribution in [0, 0.1) is 13.8 Å². The first kappa shape index (κ1) is 13.6. The Bertz CT molecular complexity index is 792. The van der Waals surface area contributed by atoms with Crippen molar-refractivity contribution in [1.82, 2.24) is 10.1 Å². The van der Waals surface area contributed by atoms with Crippen LogP contribution in [0.2, 0.25) is 0 Å². The molecule has 3 aromatic rings. The lowest BCUT2D eigenvalue weighted by atomic mass is 10.0. The molecule has 1 aromatic carbocycles. The van der Waals surface area contributed by atoms with E-state index in [9.17, 15) is 0 Å². The van der Waals surface area contributed by atoms with E-state index in [2.05, 4.69) is 10.1 Å². The van der Waals surface area contributed by atoms with Gasteiger partial charge in [0.2, 0.25) is 0 Å². The predicted molar refractivity (Wildman–Crippen MR) is 83.5 cm³/mol. The summed E-state index contributed by atoms with van der Waals surface area (Å²) in [7, 11) is 1.63. The summed E-state index contributed by atoms with van der Waals surface area (Å²) in [4.78, 5) is 5.37. The van der Waals surface area contributed by atoms with Gasteiger partial charge in [-0.05, 0) is 19.9 Å². The molecule has 6 heteroatoms. The minimum Gasteiger partial charge on any atom is -0.496 e. The Morgan fingerprint density at radius 2 is 2.00 bits per heavy atom. The van der Waals surface area contributed by atoms with E-state index in [0.717, 1.165) is 32.5 Å². The molecule has 0 aliphatic rings. The van der Waals surface area contributed by atoms with Crippen molar-refractivity contribution in [2.75, 3.05) is 12.8 Å². The molecule has 5 nitrogen and oxygen atoms in total. The lowest BCUT2D eigenvalue weighted by molar-refractivity contribution is 0.416. The third-order valence-electron chi connectivity index (χ3n) is 3.20. The second kappa shape index (κ2) is 5.21. The molecular weight excluding hydrogens is 286 g/mol. The molecule has 0 aliphatic heterocycles. The van der Waals surface area contributed by atoms with Gasteiger partial charge < -0.3 is 15.0 Å². The molecule has 2 heterocycles. The molecule has 0 saturated carbocycles. The SMILES string of the molecule is COc1ccccc1-c1c(N)noc1-c1sc(C)nc1C. The summed E-state index contributed by atoms with van der Waals surface area (Å²) in [6.45, 7) is 3.91. The summed E-state index contributed by atoms with van der Waals surface area (Å²) < 4.78 is 10.9. The van der Waals surface area contributed by atoms with Gasteiger partial charge in [-0.2, -0.15) is 0 Å². The maximum Gasteiger partial charge on any atom is 0.188 e.